The molecule has 0 bridgehead atoms. The van der Waals surface area contributed by atoms with Crippen LogP contribution in [0.2, 0.25) is 0 Å². The average Bonchev–Trinajstić information content (AvgIpc) is 2.55. The molecule has 16 heavy (non-hydrogen) atoms. The molecular formula is C9H12N2O5. The van der Waals surface area contributed by atoms with E-state index in [9.17, 15) is 14.9 Å². The van der Waals surface area contributed by atoms with Gasteiger partial charge in [-0.15, -0.1) is 0 Å². The smallest absolute Gasteiger partial charge is 0.359 e. The van der Waals surface area contributed by atoms with E-state index in [0.717, 1.165) is 0 Å². The van der Waals surface area contributed by atoms with Gasteiger partial charge in [0.2, 0.25) is 5.75 Å². The fraction of sp³-hybridized carbons (Fsp3) is 0.444. The van der Waals surface area contributed by atoms with Gasteiger partial charge in [-0.1, -0.05) is 0 Å². The van der Waals surface area contributed by atoms with Gasteiger partial charge < -0.3 is 14.0 Å². The molecule has 7 heteroatoms. The zero-order valence-corrected chi connectivity index (χ0v) is 9.22. The van der Waals surface area contributed by atoms with Crippen molar-refractivity contribution < 1.29 is 19.2 Å². The second-order valence-corrected chi connectivity index (χ2v) is 2.98. The summed E-state index contributed by atoms with van der Waals surface area (Å²) < 4.78 is 11.0. The van der Waals surface area contributed by atoms with E-state index >= 15 is 0 Å². The Morgan fingerprint density at radius 1 is 1.62 bits per heavy atom. The van der Waals surface area contributed by atoms with Crippen molar-refractivity contribution in [3.8, 4) is 5.75 Å². The molecule has 1 aromatic rings. The predicted octanol–water partition coefficient (Wildman–Crippen LogP) is 1.12. The first kappa shape index (κ1) is 12.0. The molecule has 1 aromatic heterocycles. The topological polar surface area (TPSA) is 83.6 Å². The van der Waals surface area contributed by atoms with E-state index in [-0.39, 0.29) is 23.7 Å². The summed E-state index contributed by atoms with van der Waals surface area (Å²) in [6.45, 7) is 1.85. The lowest BCUT2D eigenvalue weighted by molar-refractivity contribution is -0.385. The Kier molecular flexibility index (Phi) is 3.49. The minimum absolute atomic E-state index is 0.0380. The summed E-state index contributed by atoms with van der Waals surface area (Å²) in [6.07, 6.45) is 1.21. The van der Waals surface area contributed by atoms with Crippen LogP contribution in [0.5, 0.6) is 5.75 Å². The highest BCUT2D eigenvalue weighted by Crippen LogP contribution is 2.32. The Morgan fingerprint density at radius 2 is 2.25 bits per heavy atom. The van der Waals surface area contributed by atoms with Gasteiger partial charge in [-0.2, -0.15) is 0 Å². The van der Waals surface area contributed by atoms with E-state index in [1.807, 2.05) is 0 Å². The highest BCUT2D eigenvalue weighted by Gasteiger charge is 2.28. The number of aryl methyl sites for hydroxylation is 1. The van der Waals surface area contributed by atoms with Crippen molar-refractivity contribution in [2.75, 3.05) is 13.7 Å². The van der Waals surface area contributed by atoms with Gasteiger partial charge in [-0.05, 0) is 6.92 Å². The van der Waals surface area contributed by atoms with Crippen molar-refractivity contribution in [2.45, 2.75) is 6.92 Å². The second-order valence-electron chi connectivity index (χ2n) is 2.98. The molecule has 0 N–H and O–H groups in total. The van der Waals surface area contributed by atoms with Gasteiger partial charge in [-0.3, -0.25) is 10.1 Å². The van der Waals surface area contributed by atoms with Crippen LogP contribution in [0, 0.1) is 10.1 Å². The zero-order valence-electron chi connectivity index (χ0n) is 9.22. The lowest BCUT2D eigenvalue weighted by atomic mass is 10.3. The Bertz CT molecular complexity index is 424. The lowest BCUT2D eigenvalue weighted by Gasteiger charge is -2.04. The number of nitro groups is 1. The largest absolute Gasteiger partial charge is 0.488 e. The molecule has 1 rings (SSSR count). The third kappa shape index (κ3) is 1.97. The second kappa shape index (κ2) is 4.65. The Balaban J connectivity index is 3.27. The first-order valence-electron chi connectivity index (χ1n) is 4.57. The molecule has 88 valence electrons. The third-order valence-corrected chi connectivity index (χ3v) is 1.99. The number of hydrogen-bond donors (Lipinski definition) is 0. The summed E-state index contributed by atoms with van der Waals surface area (Å²) >= 11 is 0. The Morgan fingerprint density at radius 3 is 2.69 bits per heavy atom. The lowest BCUT2D eigenvalue weighted by Crippen LogP contribution is -2.10. The minimum atomic E-state index is -0.644. The number of hydrogen-bond acceptors (Lipinski definition) is 5. The van der Waals surface area contributed by atoms with Crippen molar-refractivity contribution >= 4 is 11.7 Å². The summed E-state index contributed by atoms with van der Waals surface area (Å²) in [5.41, 5.74) is -0.218. The molecule has 7 nitrogen and oxygen atoms in total. The Hall–Kier alpha value is -2.05. The van der Waals surface area contributed by atoms with Gasteiger partial charge in [0.25, 0.3) is 0 Å². The van der Waals surface area contributed by atoms with Gasteiger partial charge in [0.1, 0.15) is 0 Å². The van der Waals surface area contributed by atoms with Gasteiger partial charge in [0.15, 0.2) is 5.69 Å². The fourth-order valence-corrected chi connectivity index (χ4v) is 1.36. The fourth-order valence-electron chi connectivity index (χ4n) is 1.36. The molecule has 0 aromatic carbocycles. The highest BCUT2D eigenvalue weighted by atomic mass is 16.6. The molecule has 0 spiro atoms. The molecule has 0 amide bonds. The van der Waals surface area contributed by atoms with Crippen LogP contribution in [-0.2, 0) is 11.8 Å². The van der Waals surface area contributed by atoms with Crippen LogP contribution in [0.1, 0.15) is 17.4 Å². The van der Waals surface area contributed by atoms with E-state index < -0.39 is 10.9 Å². The van der Waals surface area contributed by atoms with Crippen molar-refractivity contribution in [3.05, 3.63) is 22.0 Å². The SMILES string of the molecule is CCOC(=O)c1c(OC)c([N+](=O)[O-])cn1C. The predicted molar refractivity (Wildman–Crippen MR) is 54.6 cm³/mol. The van der Waals surface area contributed by atoms with E-state index in [2.05, 4.69) is 0 Å². The van der Waals surface area contributed by atoms with E-state index in [1.165, 1.54) is 24.9 Å². The summed E-state index contributed by atoms with van der Waals surface area (Å²) in [7, 11) is 2.78. The van der Waals surface area contributed by atoms with Gasteiger partial charge >= 0.3 is 11.7 Å². The van der Waals surface area contributed by atoms with Gasteiger partial charge in [-0.25, -0.2) is 4.79 Å². The summed E-state index contributed by atoms with van der Waals surface area (Å²) in [6, 6.07) is 0. The number of carbonyl (C=O) groups excluding carboxylic acids is 1. The molecule has 1 heterocycles. The monoisotopic (exact) mass is 228 g/mol. The number of ether oxygens (including phenoxy) is 2. The van der Waals surface area contributed by atoms with Gasteiger partial charge in [0, 0.05) is 7.05 Å². The number of rotatable bonds is 4. The molecule has 0 fully saturated rings. The van der Waals surface area contributed by atoms with Crippen LogP contribution in [0.25, 0.3) is 0 Å². The maximum atomic E-state index is 11.5. The molecule has 0 unspecified atom stereocenters. The zero-order chi connectivity index (χ0) is 12.3. The Labute approximate surface area is 91.7 Å². The molecule has 0 aliphatic carbocycles. The van der Waals surface area contributed by atoms with Crippen molar-refractivity contribution in [3.63, 3.8) is 0 Å². The molecule has 0 aliphatic heterocycles. The molecule has 0 saturated heterocycles. The van der Waals surface area contributed by atoms with Crippen molar-refractivity contribution in [1.29, 1.82) is 0 Å². The average molecular weight is 228 g/mol. The van der Waals surface area contributed by atoms with Crippen molar-refractivity contribution in [2.24, 2.45) is 7.05 Å². The quantitative estimate of drug-likeness (QED) is 0.438. The van der Waals surface area contributed by atoms with E-state index in [1.54, 1.807) is 6.92 Å². The first-order chi connectivity index (χ1) is 7.52. The summed E-state index contributed by atoms with van der Waals surface area (Å²) in [5, 5.41) is 10.7. The number of esters is 1. The number of nitrogens with zero attached hydrogens (tertiary/aromatic N) is 2. The van der Waals surface area contributed by atoms with Crippen LogP contribution in [-0.4, -0.2) is 29.2 Å². The third-order valence-electron chi connectivity index (χ3n) is 1.99. The van der Waals surface area contributed by atoms with Gasteiger partial charge in [0.05, 0.1) is 24.8 Å². The van der Waals surface area contributed by atoms with Crippen LogP contribution in [0.15, 0.2) is 6.20 Å². The molecular weight excluding hydrogens is 216 g/mol. The number of carbonyl (C=O) groups is 1. The van der Waals surface area contributed by atoms with E-state index in [0.29, 0.717) is 0 Å². The van der Waals surface area contributed by atoms with E-state index in [4.69, 9.17) is 9.47 Å². The molecule has 0 aliphatic rings. The summed E-state index contributed by atoms with van der Waals surface area (Å²) in [4.78, 5) is 21.6. The summed E-state index contributed by atoms with van der Waals surface area (Å²) in [5.74, 6) is -0.721. The maximum absolute atomic E-state index is 11.5. The molecule has 0 atom stereocenters. The van der Waals surface area contributed by atoms with Crippen LogP contribution < -0.4 is 4.74 Å². The minimum Gasteiger partial charge on any atom is -0.488 e. The number of aromatic nitrogens is 1. The normalized spacial score (nSPS) is 9.94. The van der Waals surface area contributed by atoms with Crippen LogP contribution >= 0.6 is 0 Å². The number of methoxy groups -OCH3 is 1. The van der Waals surface area contributed by atoms with Crippen LogP contribution in [0.3, 0.4) is 0 Å². The van der Waals surface area contributed by atoms with Crippen molar-refractivity contribution in [1.82, 2.24) is 4.57 Å². The molecule has 0 saturated carbocycles. The standard InChI is InChI=1S/C9H12N2O5/c1-4-16-9(12)7-8(15-3)6(11(13)14)5-10(7)2/h5H,4H2,1-3H3. The molecule has 0 radical (unpaired) electrons. The maximum Gasteiger partial charge on any atom is 0.359 e. The first-order valence-corrected chi connectivity index (χ1v) is 4.57. The highest BCUT2D eigenvalue weighted by molar-refractivity contribution is 5.92. The van der Waals surface area contributed by atoms with Crippen LogP contribution in [0.4, 0.5) is 5.69 Å².